The minimum Gasteiger partial charge on any atom is -0.100 e. The van der Waals surface area contributed by atoms with Crippen LogP contribution >= 0.6 is 0 Å². The van der Waals surface area contributed by atoms with Crippen molar-refractivity contribution < 1.29 is 0 Å². The van der Waals surface area contributed by atoms with E-state index in [0.717, 1.165) is 23.7 Å². The van der Waals surface area contributed by atoms with Crippen LogP contribution in [0.4, 0.5) is 0 Å². The van der Waals surface area contributed by atoms with Crippen LogP contribution in [0.15, 0.2) is 48.1 Å². The highest BCUT2D eigenvalue weighted by Gasteiger charge is 2.58. The average molecular weight is 423 g/mol. The topological polar surface area (TPSA) is 0 Å². The van der Waals surface area contributed by atoms with Crippen LogP contribution in [0.25, 0.3) is 0 Å². The van der Waals surface area contributed by atoms with Crippen LogP contribution in [0.2, 0.25) is 0 Å². The molecule has 0 saturated heterocycles. The van der Waals surface area contributed by atoms with Crippen molar-refractivity contribution in [2.45, 2.75) is 112 Å². The summed E-state index contributed by atoms with van der Waals surface area (Å²) in [5, 5.41) is 0. The highest BCUT2D eigenvalue weighted by atomic mass is 14.6. The fourth-order valence-electron chi connectivity index (χ4n) is 8.13. The van der Waals surface area contributed by atoms with Crippen molar-refractivity contribution in [2.24, 2.45) is 34.5 Å². The van der Waals surface area contributed by atoms with Gasteiger partial charge in [-0.1, -0.05) is 75.1 Å². The molecule has 0 spiro atoms. The lowest BCUT2D eigenvalue weighted by atomic mass is 9.46. The number of hydrogen-bond donors (Lipinski definition) is 0. The molecular formula is C31H50. The van der Waals surface area contributed by atoms with Crippen LogP contribution in [-0.4, -0.2) is 0 Å². The Labute approximate surface area is 194 Å². The summed E-state index contributed by atoms with van der Waals surface area (Å²) in [6, 6.07) is 0. The van der Waals surface area contributed by atoms with Gasteiger partial charge in [0, 0.05) is 0 Å². The standard InChI is InChI=1S/C23H34.C8H16/c1-15(2)19-8-9-20-18-7-6-17-14-16(3)10-12-22(17,4)21(18)11-13-23(19,20)5;1-4-5-6-7-8(2)3/h14,18-21H,1,3,6-13H2,2,4-5H3;2,4-7H2,1,3H3. The molecule has 0 aromatic rings. The SMILES string of the molecule is C=C(C)CCCCC.C=C1C=C2CCC3C(CCC4(C)C(C(=C)C)CCC34)C2(C)CC1. The maximum absolute atomic E-state index is 4.35. The average Bonchev–Trinajstić information content (AvgIpc) is 3.06. The first-order chi connectivity index (χ1) is 14.6. The van der Waals surface area contributed by atoms with E-state index in [0.29, 0.717) is 10.8 Å². The normalized spacial score (nSPS) is 38.7. The lowest BCUT2D eigenvalue weighted by Crippen LogP contribution is -2.50. The summed E-state index contributed by atoms with van der Waals surface area (Å²) < 4.78 is 0. The number of unbranched alkanes of at least 4 members (excludes halogenated alkanes) is 2. The van der Waals surface area contributed by atoms with Gasteiger partial charge in [0.05, 0.1) is 0 Å². The molecule has 6 unspecified atom stereocenters. The Balaban J connectivity index is 0.000000293. The maximum atomic E-state index is 4.35. The Hall–Kier alpha value is -1.04. The zero-order chi connectivity index (χ0) is 22.8. The zero-order valence-electron chi connectivity index (χ0n) is 21.5. The molecule has 4 rings (SSSR count). The predicted molar refractivity (Wildman–Crippen MR) is 138 cm³/mol. The summed E-state index contributed by atoms with van der Waals surface area (Å²) in [6.07, 6.45) is 18.8. The Morgan fingerprint density at radius 1 is 0.968 bits per heavy atom. The molecule has 0 aliphatic heterocycles. The summed E-state index contributed by atoms with van der Waals surface area (Å²) in [4.78, 5) is 0. The van der Waals surface area contributed by atoms with Gasteiger partial charge < -0.3 is 0 Å². The summed E-state index contributed by atoms with van der Waals surface area (Å²) in [5.74, 6) is 3.62. The van der Waals surface area contributed by atoms with E-state index < -0.39 is 0 Å². The molecule has 4 aliphatic rings. The van der Waals surface area contributed by atoms with Crippen molar-refractivity contribution >= 4 is 0 Å². The second-order valence-electron chi connectivity index (χ2n) is 12.1. The van der Waals surface area contributed by atoms with Crippen LogP contribution in [0.1, 0.15) is 112 Å². The molecule has 0 amide bonds. The van der Waals surface area contributed by atoms with Crippen LogP contribution < -0.4 is 0 Å². The van der Waals surface area contributed by atoms with Gasteiger partial charge in [-0.2, -0.15) is 0 Å². The van der Waals surface area contributed by atoms with Crippen LogP contribution in [0.5, 0.6) is 0 Å². The van der Waals surface area contributed by atoms with Gasteiger partial charge in [0.2, 0.25) is 0 Å². The summed E-state index contributed by atoms with van der Waals surface area (Å²) in [6.45, 7) is 24.2. The minimum absolute atomic E-state index is 0.479. The quantitative estimate of drug-likeness (QED) is 0.305. The minimum atomic E-state index is 0.479. The Kier molecular flexibility index (Phi) is 7.81. The Bertz CT molecular complexity index is 720. The molecule has 4 aliphatic carbocycles. The number of allylic oxidation sites excluding steroid dienone is 5. The van der Waals surface area contributed by atoms with Crippen molar-refractivity contribution in [3.8, 4) is 0 Å². The molecule has 174 valence electrons. The van der Waals surface area contributed by atoms with Crippen molar-refractivity contribution in [2.75, 3.05) is 0 Å². The van der Waals surface area contributed by atoms with Gasteiger partial charge in [0.1, 0.15) is 0 Å². The second kappa shape index (κ2) is 9.84. The molecule has 0 radical (unpaired) electrons. The van der Waals surface area contributed by atoms with Gasteiger partial charge in [0.25, 0.3) is 0 Å². The molecule has 3 saturated carbocycles. The van der Waals surface area contributed by atoms with E-state index in [-0.39, 0.29) is 0 Å². The van der Waals surface area contributed by atoms with E-state index in [1.165, 1.54) is 93.8 Å². The molecule has 0 N–H and O–H groups in total. The van der Waals surface area contributed by atoms with E-state index in [1.807, 2.05) is 0 Å². The largest absolute Gasteiger partial charge is 0.100 e. The van der Waals surface area contributed by atoms with E-state index >= 15 is 0 Å². The third-order valence-electron chi connectivity index (χ3n) is 9.88. The first-order valence-electron chi connectivity index (χ1n) is 13.3. The van der Waals surface area contributed by atoms with Gasteiger partial charge >= 0.3 is 0 Å². The van der Waals surface area contributed by atoms with Crippen LogP contribution in [-0.2, 0) is 0 Å². The predicted octanol–water partition coefficient (Wildman–Crippen LogP) is 9.84. The van der Waals surface area contributed by atoms with E-state index in [4.69, 9.17) is 0 Å². The van der Waals surface area contributed by atoms with Gasteiger partial charge in [-0.25, -0.2) is 0 Å². The summed E-state index contributed by atoms with van der Waals surface area (Å²) in [5.41, 5.74) is 6.91. The van der Waals surface area contributed by atoms with Crippen molar-refractivity contribution in [3.05, 3.63) is 48.1 Å². The first-order valence-corrected chi connectivity index (χ1v) is 13.3. The molecule has 0 aromatic carbocycles. The van der Waals surface area contributed by atoms with Crippen molar-refractivity contribution in [1.29, 1.82) is 0 Å². The number of fused-ring (bicyclic) bond motifs is 5. The molecular weight excluding hydrogens is 372 g/mol. The first kappa shape index (κ1) is 24.6. The smallest absolute Gasteiger partial charge is 0.00790 e. The number of hydrogen-bond acceptors (Lipinski definition) is 0. The van der Waals surface area contributed by atoms with Crippen LogP contribution in [0, 0.1) is 34.5 Å². The highest BCUT2D eigenvalue weighted by Crippen LogP contribution is 2.67. The zero-order valence-corrected chi connectivity index (χ0v) is 21.5. The van der Waals surface area contributed by atoms with E-state index in [1.54, 1.807) is 5.57 Å². The second-order valence-corrected chi connectivity index (χ2v) is 12.1. The molecule has 0 bridgehead atoms. The molecule has 0 heterocycles. The highest BCUT2D eigenvalue weighted by molar-refractivity contribution is 5.33. The molecule has 0 nitrogen and oxygen atoms in total. The summed E-state index contributed by atoms with van der Waals surface area (Å²) >= 11 is 0. The third kappa shape index (κ3) is 4.84. The molecule has 6 atom stereocenters. The molecule has 31 heavy (non-hydrogen) atoms. The lowest BCUT2D eigenvalue weighted by Gasteiger charge is -2.58. The maximum Gasteiger partial charge on any atom is -0.00790 e. The van der Waals surface area contributed by atoms with Gasteiger partial charge in [0.15, 0.2) is 0 Å². The molecule has 3 fully saturated rings. The van der Waals surface area contributed by atoms with Crippen molar-refractivity contribution in [3.63, 3.8) is 0 Å². The van der Waals surface area contributed by atoms with E-state index in [2.05, 4.69) is 60.4 Å². The van der Waals surface area contributed by atoms with Gasteiger partial charge in [-0.15, -0.1) is 6.58 Å². The third-order valence-corrected chi connectivity index (χ3v) is 9.88. The fourth-order valence-corrected chi connectivity index (χ4v) is 8.13. The lowest BCUT2D eigenvalue weighted by molar-refractivity contribution is -0.0450. The van der Waals surface area contributed by atoms with Gasteiger partial charge in [-0.05, 0) is 113 Å². The Morgan fingerprint density at radius 2 is 1.71 bits per heavy atom. The van der Waals surface area contributed by atoms with Crippen molar-refractivity contribution in [1.82, 2.24) is 0 Å². The molecule has 0 heteroatoms. The fraction of sp³-hybridized carbons (Fsp3) is 0.742. The summed E-state index contributed by atoms with van der Waals surface area (Å²) in [7, 11) is 0. The molecule has 0 aromatic heterocycles. The van der Waals surface area contributed by atoms with Crippen LogP contribution in [0.3, 0.4) is 0 Å². The van der Waals surface area contributed by atoms with E-state index in [9.17, 15) is 0 Å². The number of rotatable bonds is 5. The Morgan fingerprint density at radius 3 is 2.35 bits per heavy atom. The van der Waals surface area contributed by atoms with Gasteiger partial charge in [-0.3, -0.25) is 0 Å². The monoisotopic (exact) mass is 422 g/mol.